The fraction of sp³-hybridized carbons (Fsp3) is 0.133. The molecule has 2 aromatic heterocycles. The smallest absolute Gasteiger partial charge is 0.137 e. The topological polar surface area (TPSA) is 26.5 Å². The summed E-state index contributed by atoms with van der Waals surface area (Å²) >= 11 is 3.31. The van der Waals surface area contributed by atoms with Crippen molar-refractivity contribution < 1.29 is 9.13 Å². The van der Waals surface area contributed by atoms with Gasteiger partial charge in [-0.25, -0.2) is 9.37 Å². The molecule has 0 bridgehead atoms. The second-order valence-corrected chi connectivity index (χ2v) is 4.98. The quantitative estimate of drug-likeness (QED) is 0.675. The Labute approximate surface area is 124 Å². The number of nitrogens with zero attached hydrogens (tertiary/aromatic N) is 2. The number of pyridine rings is 1. The van der Waals surface area contributed by atoms with Crippen LogP contribution >= 0.6 is 15.9 Å². The lowest BCUT2D eigenvalue weighted by atomic mass is 10.2. The van der Waals surface area contributed by atoms with E-state index in [0.29, 0.717) is 17.7 Å². The highest BCUT2D eigenvalue weighted by molar-refractivity contribution is 9.08. The van der Waals surface area contributed by atoms with Crippen LogP contribution in [0.3, 0.4) is 0 Å². The number of aromatic nitrogens is 2. The van der Waals surface area contributed by atoms with Crippen molar-refractivity contribution in [3.63, 3.8) is 0 Å². The molecule has 0 radical (unpaired) electrons. The van der Waals surface area contributed by atoms with Crippen molar-refractivity contribution in [1.82, 2.24) is 9.38 Å². The van der Waals surface area contributed by atoms with Gasteiger partial charge in [-0.05, 0) is 29.8 Å². The molecule has 20 heavy (non-hydrogen) atoms. The van der Waals surface area contributed by atoms with E-state index < -0.39 is 0 Å². The molecule has 0 saturated heterocycles. The molecule has 5 heteroatoms. The standard InChI is InChI=1S/C15H12BrFN2O/c16-8-11-5-12(17)7-14(6-11)20-10-13-9-19-4-2-1-3-15(19)18-13/h1-7,9H,8,10H2. The van der Waals surface area contributed by atoms with E-state index in [1.807, 2.05) is 41.1 Å². The molecule has 0 unspecified atom stereocenters. The van der Waals surface area contributed by atoms with Gasteiger partial charge in [0, 0.05) is 23.8 Å². The molecule has 102 valence electrons. The predicted octanol–water partition coefficient (Wildman–Crippen LogP) is 3.95. The van der Waals surface area contributed by atoms with Crippen LogP contribution in [0.5, 0.6) is 5.75 Å². The molecule has 0 spiro atoms. The van der Waals surface area contributed by atoms with Crippen LogP contribution in [0.15, 0.2) is 48.8 Å². The van der Waals surface area contributed by atoms with E-state index >= 15 is 0 Å². The Hall–Kier alpha value is -1.88. The Morgan fingerprint density at radius 3 is 2.95 bits per heavy atom. The van der Waals surface area contributed by atoms with Crippen molar-refractivity contribution in [2.24, 2.45) is 0 Å². The summed E-state index contributed by atoms with van der Waals surface area (Å²) in [4.78, 5) is 4.43. The molecule has 0 saturated carbocycles. The molecule has 0 aliphatic heterocycles. The third kappa shape index (κ3) is 2.82. The molecule has 3 rings (SSSR count). The minimum atomic E-state index is -0.299. The predicted molar refractivity (Wildman–Crippen MR) is 78.6 cm³/mol. The maximum Gasteiger partial charge on any atom is 0.137 e. The van der Waals surface area contributed by atoms with Gasteiger partial charge in [0.25, 0.3) is 0 Å². The number of ether oxygens (including phenoxy) is 1. The molecule has 3 nitrogen and oxygen atoms in total. The van der Waals surface area contributed by atoms with Crippen LogP contribution < -0.4 is 4.74 Å². The Morgan fingerprint density at radius 2 is 2.15 bits per heavy atom. The van der Waals surface area contributed by atoms with Crippen LogP contribution in [0.1, 0.15) is 11.3 Å². The molecule has 1 aromatic carbocycles. The molecule has 0 N–H and O–H groups in total. The number of halogens is 2. The summed E-state index contributed by atoms with van der Waals surface area (Å²) in [5.41, 5.74) is 2.52. The van der Waals surface area contributed by atoms with Crippen LogP contribution in [0.4, 0.5) is 4.39 Å². The van der Waals surface area contributed by atoms with Crippen molar-refractivity contribution >= 4 is 21.6 Å². The number of benzene rings is 1. The third-order valence-corrected chi connectivity index (χ3v) is 3.53. The zero-order chi connectivity index (χ0) is 13.9. The molecule has 0 atom stereocenters. The number of hydrogen-bond acceptors (Lipinski definition) is 2. The normalized spacial score (nSPS) is 10.9. The molecular weight excluding hydrogens is 323 g/mol. The lowest BCUT2D eigenvalue weighted by Gasteiger charge is -2.06. The molecule has 3 aromatic rings. The first-order valence-electron chi connectivity index (χ1n) is 6.15. The van der Waals surface area contributed by atoms with Gasteiger partial charge in [0.05, 0.1) is 5.69 Å². The third-order valence-electron chi connectivity index (χ3n) is 2.89. The van der Waals surface area contributed by atoms with E-state index in [-0.39, 0.29) is 5.82 Å². The summed E-state index contributed by atoms with van der Waals surface area (Å²) in [6, 6.07) is 10.5. The Kier molecular flexibility index (Phi) is 3.69. The first kappa shape index (κ1) is 13.1. The highest BCUT2D eigenvalue weighted by atomic mass is 79.9. The summed E-state index contributed by atoms with van der Waals surface area (Å²) < 4.78 is 20.9. The van der Waals surface area contributed by atoms with E-state index in [4.69, 9.17) is 4.74 Å². The van der Waals surface area contributed by atoms with Gasteiger partial charge in [-0.3, -0.25) is 0 Å². The van der Waals surface area contributed by atoms with Crippen LogP contribution in [0, 0.1) is 5.82 Å². The van der Waals surface area contributed by atoms with Crippen molar-refractivity contribution in [1.29, 1.82) is 0 Å². The number of alkyl halides is 1. The lowest BCUT2D eigenvalue weighted by molar-refractivity contribution is 0.300. The first-order chi connectivity index (χ1) is 9.74. The van der Waals surface area contributed by atoms with Crippen molar-refractivity contribution in [3.05, 3.63) is 65.9 Å². The first-order valence-corrected chi connectivity index (χ1v) is 7.27. The number of imidazole rings is 1. The highest BCUT2D eigenvalue weighted by Crippen LogP contribution is 2.19. The van der Waals surface area contributed by atoms with Crippen LogP contribution in [-0.2, 0) is 11.9 Å². The second kappa shape index (κ2) is 5.63. The van der Waals surface area contributed by atoms with Gasteiger partial charge in [-0.1, -0.05) is 22.0 Å². The van der Waals surface area contributed by atoms with E-state index in [1.165, 1.54) is 12.1 Å². The van der Waals surface area contributed by atoms with Gasteiger partial charge < -0.3 is 9.14 Å². The Bertz CT molecular complexity index is 709. The zero-order valence-electron chi connectivity index (χ0n) is 10.6. The van der Waals surface area contributed by atoms with Crippen LogP contribution in [0.25, 0.3) is 5.65 Å². The van der Waals surface area contributed by atoms with Crippen LogP contribution in [0.2, 0.25) is 0 Å². The number of rotatable bonds is 4. The Balaban J connectivity index is 1.77. The van der Waals surface area contributed by atoms with E-state index in [2.05, 4.69) is 20.9 Å². The summed E-state index contributed by atoms with van der Waals surface area (Å²) in [6.07, 6.45) is 3.83. The molecule has 0 aliphatic carbocycles. The number of hydrogen-bond donors (Lipinski definition) is 0. The van der Waals surface area contributed by atoms with Gasteiger partial charge in [0.1, 0.15) is 23.8 Å². The van der Waals surface area contributed by atoms with Gasteiger partial charge in [0.15, 0.2) is 0 Å². The van der Waals surface area contributed by atoms with Gasteiger partial charge in [0.2, 0.25) is 0 Å². The molecule has 0 amide bonds. The largest absolute Gasteiger partial charge is 0.487 e. The van der Waals surface area contributed by atoms with Gasteiger partial charge >= 0.3 is 0 Å². The monoisotopic (exact) mass is 334 g/mol. The van der Waals surface area contributed by atoms with Crippen LogP contribution in [-0.4, -0.2) is 9.38 Å². The van der Waals surface area contributed by atoms with Crippen molar-refractivity contribution in [2.75, 3.05) is 0 Å². The maximum atomic E-state index is 13.4. The SMILES string of the molecule is Fc1cc(CBr)cc(OCc2cn3ccccc3n2)c1. The summed E-state index contributed by atoms with van der Waals surface area (Å²) in [6.45, 7) is 0.312. The second-order valence-electron chi connectivity index (χ2n) is 4.42. The van der Waals surface area contributed by atoms with E-state index in [0.717, 1.165) is 16.9 Å². The van der Waals surface area contributed by atoms with E-state index in [1.54, 1.807) is 0 Å². The van der Waals surface area contributed by atoms with Gasteiger partial charge in [-0.15, -0.1) is 0 Å². The minimum absolute atomic E-state index is 0.299. The Morgan fingerprint density at radius 1 is 1.25 bits per heavy atom. The maximum absolute atomic E-state index is 13.4. The summed E-state index contributed by atoms with van der Waals surface area (Å²) in [5, 5.41) is 0.593. The van der Waals surface area contributed by atoms with Crippen molar-refractivity contribution in [3.8, 4) is 5.75 Å². The lowest BCUT2D eigenvalue weighted by Crippen LogP contribution is -1.97. The van der Waals surface area contributed by atoms with Crippen molar-refractivity contribution in [2.45, 2.75) is 11.9 Å². The van der Waals surface area contributed by atoms with Gasteiger partial charge in [-0.2, -0.15) is 0 Å². The minimum Gasteiger partial charge on any atom is -0.487 e. The molecule has 0 fully saturated rings. The highest BCUT2D eigenvalue weighted by Gasteiger charge is 2.04. The summed E-state index contributed by atoms with van der Waals surface area (Å²) in [7, 11) is 0. The molecule has 0 aliphatic rings. The fourth-order valence-electron chi connectivity index (χ4n) is 2.00. The molecule has 2 heterocycles. The van der Waals surface area contributed by atoms with E-state index in [9.17, 15) is 4.39 Å². The molecular formula is C15H12BrFN2O. The number of fused-ring (bicyclic) bond motifs is 1. The fourth-order valence-corrected chi connectivity index (χ4v) is 2.32. The average molecular weight is 335 g/mol. The zero-order valence-corrected chi connectivity index (χ0v) is 12.2. The average Bonchev–Trinajstić information content (AvgIpc) is 2.87. The summed E-state index contributed by atoms with van der Waals surface area (Å²) in [5.74, 6) is 0.212.